The smallest absolute Gasteiger partial charge is 0.241 e. The monoisotopic (exact) mass is 354 g/mol. The van der Waals surface area contributed by atoms with Crippen molar-refractivity contribution in [3.05, 3.63) is 59.7 Å². The molecule has 0 saturated heterocycles. The van der Waals surface area contributed by atoms with Crippen molar-refractivity contribution in [2.24, 2.45) is 0 Å². The Kier molecular flexibility index (Phi) is 7.22. The highest BCUT2D eigenvalue weighted by atomic mass is 16.5. The fourth-order valence-electron chi connectivity index (χ4n) is 3.07. The SMILES string of the molecule is CC[C@H](C)c1ccccc1NC(=O)[C@H](C)N[C@H](C)c1ccccc1OC. The Balaban J connectivity index is 2.06. The number of methoxy groups -OCH3 is 1. The summed E-state index contributed by atoms with van der Waals surface area (Å²) in [5.41, 5.74) is 3.11. The lowest BCUT2D eigenvalue weighted by Crippen LogP contribution is -2.39. The Labute approximate surface area is 157 Å². The normalized spacial score (nSPS) is 14.3. The molecule has 2 aromatic carbocycles. The van der Waals surface area contributed by atoms with Gasteiger partial charge >= 0.3 is 0 Å². The van der Waals surface area contributed by atoms with Crippen LogP contribution in [0, 0.1) is 0 Å². The van der Waals surface area contributed by atoms with Crippen molar-refractivity contribution in [1.29, 1.82) is 0 Å². The van der Waals surface area contributed by atoms with Crippen molar-refractivity contribution in [2.75, 3.05) is 12.4 Å². The van der Waals surface area contributed by atoms with Gasteiger partial charge in [-0.25, -0.2) is 0 Å². The maximum atomic E-state index is 12.7. The third-order valence-corrected chi connectivity index (χ3v) is 4.86. The second-order valence-corrected chi connectivity index (χ2v) is 6.74. The van der Waals surface area contributed by atoms with E-state index in [-0.39, 0.29) is 18.0 Å². The second kappa shape index (κ2) is 9.39. The van der Waals surface area contributed by atoms with E-state index in [1.54, 1.807) is 7.11 Å². The van der Waals surface area contributed by atoms with E-state index in [0.29, 0.717) is 5.92 Å². The van der Waals surface area contributed by atoms with Gasteiger partial charge in [0.1, 0.15) is 5.75 Å². The van der Waals surface area contributed by atoms with Crippen molar-refractivity contribution in [3.63, 3.8) is 0 Å². The first-order chi connectivity index (χ1) is 12.5. The standard InChI is InChI=1S/C22H30N2O2/c1-6-15(2)18-11-7-9-13-20(18)24-22(25)17(4)23-16(3)19-12-8-10-14-21(19)26-5/h7-17,23H,6H2,1-5H3,(H,24,25)/t15-,16+,17-/m0/s1. The number of nitrogens with one attached hydrogen (secondary N) is 2. The quantitative estimate of drug-likeness (QED) is 0.710. The maximum Gasteiger partial charge on any atom is 0.241 e. The van der Waals surface area contributed by atoms with Crippen molar-refractivity contribution in [3.8, 4) is 5.75 Å². The number of benzene rings is 2. The molecule has 140 valence electrons. The number of amides is 1. The Bertz CT molecular complexity index is 730. The molecule has 0 saturated carbocycles. The topological polar surface area (TPSA) is 50.4 Å². The number of para-hydroxylation sites is 2. The van der Waals surface area contributed by atoms with Crippen LogP contribution in [-0.2, 0) is 4.79 Å². The van der Waals surface area contributed by atoms with E-state index in [0.717, 1.165) is 23.4 Å². The highest BCUT2D eigenvalue weighted by Crippen LogP contribution is 2.27. The van der Waals surface area contributed by atoms with Gasteiger partial charge in [0.2, 0.25) is 5.91 Å². The summed E-state index contributed by atoms with van der Waals surface area (Å²) < 4.78 is 5.42. The summed E-state index contributed by atoms with van der Waals surface area (Å²) >= 11 is 0. The first-order valence-corrected chi connectivity index (χ1v) is 9.26. The molecule has 0 spiro atoms. The van der Waals surface area contributed by atoms with Gasteiger partial charge in [0, 0.05) is 17.3 Å². The van der Waals surface area contributed by atoms with Gasteiger partial charge in [-0.1, -0.05) is 50.2 Å². The highest BCUT2D eigenvalue weighted by molar-refractivity contribution is 5.95. The average Bonchev–Trinajstić information content (AvgIpc) is 2.67. The van der Waals surface area contributed by atoms with E-state index in [4.69, 9.17) is 4.74 Å². The molecule has 26 heavy (non-hydrogen) atoms. The fourth-order valence-corrected chi connectivity index (χ4v) is 3.07. The molecular weight excluding hydrogens is 324 g/mol. The molecule has 0 fully saturated rings. The van der Waals surface area contributed by atoms with Crippen LogP contribution in [0.25, 0.3) is 0 Å². The van der Waals surface area contributed by atoms with Gasteiger partial charge in [0.05, 0.1) is 13.2 Å². The third-order valence-electron chi connectivity index (χ3n) is 4.86. The minimum Gasteiger partial charge on any atom is -0.496 e. The second-order valence-electron chi connectivity index (χ2n) is 6.74. The van der Waals surface area contributed by atoms with Gasteiger partial charge in [-0.15, -0.1) is 0 Å². The number of ether oxygens (including phenoxy) is 1. The summed E-state index contributed by atoms with van der Waals surface area (Å²) in [4.78, 5) is 12.7. The Hall–Kier alpha value is -2.33. The van der Waals surface area contributed by atoms with Crippen LogP contribution in [-0.4, -0.2) is 19.1 Å². The summed E-state index contributed by atoms with van der Waals surface area (Å²) in [6, 6.07) is 15.5. The van der Waals surface area contributed by atoms with Crippen LogP contribution in [0.5, 0.6) is 5.75 Å². The number of hydrogen-bond acceptors (Lipinski definition) is 3. The molecule has 2 aromatic rings. The number of hydrogen-bond donors (Lipinski definition) is 2. The molecule has 0 heterocycles. The van der Waals surface area contributed by atoms with Gasteiger partial charge in [-0.05, 0) is 43.9 Å². The minimum atomic E-state index is -0.333. The molecule has 0 radical (unpaired) electrons. The van der Waals surface area contributed by atoms with Gasteiger partial charge in [-0.2, -0.15) is 0 Å². The molecule has 2 rings (SSSR count). The molecule has 0 aliphatic rings. The van der Waals surface area contributed by atoms with Crippen LogP contribution in [0.15, 0.2) is 48.5 Å². The maximum absolute atomic E-state index is 12.7. The summed E-state index contributed by atoms with van der Waals surface area (Å²) in [5, 5.41) is 6.44. The lowest BCUT2D eigenvalue weighted by Gasteiger charge is -2.22. The Morgan fingerprint density at radius 1 is 1.00 bits per heavy atom. The lowest BCUT2D eigenvalue weighted by atomic mass is 9.97. The summed E-state index contributed by atoms with van der Waals surface area (Å²) in [5.74, 6) is 1.19. The molecule has 4 nitrogen and oxygen atoms in total. The van der Waals surface area contributed by atoms with Gasteiger partial charge in [-0.3, -0.25) is 10.1 Å². The number of rotatable bonds is 8. The van der Waals surface area contributed by atoms with Crippen molar-refractivity contribution in [1.82, 2.24) is 5.32 Å². The molecule has 0 bridgehead atoms. The molecule has 3 atom stereocenters. The zero-order chi connectivity index (χ0) is 19.1. The summed E-state index contributed by atoms with van der Waals surface area (Å²) in [7, 11) is 1.66. The molecule has 0 aliphatic carbocycles. The van der Waals surface area contributed by atoms with Gasteiger partial charge in [0.25, 0.3) is 0 Å². The van der Waals surface area contributed by atoms with Crippen molar-refractivity contribution < 1.29 is 9.53 Å². The van der Waals surface area contributed by atoms with E-state index in [2.05, 4.69) is 30.5 Å². The van der Waals surface area contributed by atoms with Gasteiger partial charge < -0.3 is 10.1 Å². The minimum absolute atomic E-state index is 0.00305. The van der Waals surface area contributed by atoms with E-state index >= 15 is 0 Å². The molecule has 0 aromatic heterocycles. The molecule has 0 aliphatic heterocycles. The lowest BCUT2D eigenvalue weighted by molar-refractivity contribution is -0.117. The van der Waals surface area contributed by atoms with Crippen LogP contribution in [0.1, 0.15) is 57.2 Å². The van der Waals surface area contributed by atoms with Crippen LogP contribution in [0.4, 0.5) is 5.69 Å². The number of carbonyl (C=O) groups excluding carboxylic acids is 1. The molecule has 4 heteroatoms. The van der Waals surface area contributed by atoms with Crippen LogP contribution in [0.2, 0.25) is 0 Å². The van der Waals surface area contributed by atoms with E-state index < -0.39 is 0 Å². The first kappa shape index (κ1) is 20.0. The zero-order valence-electron chi connectivity index (χ0n) is 16.4. The largest absolute Gasteiger partial charge is 0.496 e. The Morgan fingerprint density at radius 2 is 1.62 bits per heavy atom. The third kappa shape index (κ3) is 4.85. The number of anilines is 1. The van der Waals surface area contributed by atoms with Crippen molar-refractivity contribution in [2.45, 2.75) is 52.1 Å². The molecule has 1 amide bonds. The van der Waals surface area contributed by atoms with E-state index in [1.807, 2.05) is 56.3 Å². The molecule has 2 N–H and O–H groups in total. The predicted octanol–water partition coefficient (Wildman–Crippen LogP) is 4.89. The highest BCUT2D eigenvalue weighted by Gasteiger charge is 2.19. The van der Waals surface area contributed by atoms with E-state index in [9.17, 15) is 4.79 Å². The molecular formula is C22H30N2O2. The average molecular weight is 354 g/mol. The fraction of sp³-hybridized carbons (Fsp3) is 0.409. The Morgan fingerprint density at radius 3 is 2.27 bits per heavy atom. The predicted molar refractivity (Wildman–Crippen MR) is 108 cm³/mol. The van der Waals surface area contributed by atoms with E-state index in [1.165, 1.54) is 5.56 Å². The van der Waals surface area contributed by atoms with Crippen LogP contribution in [0.3, 0.4) is 0 Å². The van der Waals surface area contributed by atoms with Crippen LogP contribution < -0.4 is 15.4 Å². The van der Waals surface area contributed by atoms with Crippen LogP contribution >= 0.6 is 0 Å². The summed E-state index contributed by atoms with van der Waals surface area (Å²) in [6.45, 7) is 8.25. The number of carbonyl (C=O) groups is 1. The zero-order valence-corrected chi connectivity index (χ0v) is 16.4. The molecule has 0 unspecified atom stereocenters. The van der Waals surface area contributed by atoms with Crippen molar-refractivity contribution >= 4 is 11.6 Å². The first-order valence-electron chi connectivity index (χ1n) is 9.26. The van der Waals surface area contributed by atoms with Gasteiger partial charge in [0.15, 0.2) is 0 Å². The summed E-state index contributed by atoms with van der Waals surface area (Å²) in [6.07, 6.45) is 1.03.